The molecule has 6 heteroatoms. The van der Waals surface area contributed by atoms with Gasteiger partial charge in [-0.25, -0.2) is 0 Å². The van der Waals surface area contributed by atoms with Crippen LogP contribution in [0, 0.1) is 20.8 Å². The van der Waals surface area contributed by atoms with Gasteiger partial charge < -0.3 is 29.4 Å². The third-order valence-corrected chi connectivity index (χ3v) is 18.0. The van der Waals surface area contributed by atoms with Gasteiger partial charge in [0.1, 0.15) is 0 Å². The molecule has 0 amide bonds. The molecule has 0 aromatic heterocycles. The number of para-hydroxylation sites is 3. The van der Waals surface area contributed by atoms with Gasteiger partial charge in [0.25, 0.3) is 0 Å². The fourth-order valence-corrected chi connectivity index (χ4v) is 12.5. The molecule has 6 nitrogen and oxygen atoms in total. The van der Waals surface area contributed by atoms with Crippen LogP contribution in [0.2, 0.25) is 0 Å². The third kappa shape index (κ3) is 15.1. The molecule has 0 saturated heterocycles. The average molecular weight is 1270 g/mol. The maximum absolute atomic E-state index is 2.29. The van der Waals surface area contributed by atoms with Crippen LogP contribution in [0.1, 0.15) is 16.7 Å². The van der Waals surface area contributed by atoms with Crippen LogP contribution < -0.4 is 29.4 Å². The van der Waals surface area contributed by atoms with Crippen molar-refractivity contribution in [3.05, 3.63) is 393 Å². The van der Waals surface area contributed by atoms with Gasteiger partial charge in [-0.1, -0.05) is 217 Å². The highest BCUT2D eigenvalue weighted by atomic mass is 15.2. The van der Waals surface area contributed by atoms with E-state index in [1.807, 2.05) is 6.07 Å². The lowest BCUT2D eigenvalue weighted by Crippen LogP contribution is -2.12. The van der Waals surface area contributed by atoms with E-state index in [9.17, 15) is 0 Å². The lowest BCUT2D eigenvalue weighted by Gasteiger charge is -2.27. The highest BCUT2D eigenvalue weighted by Gasteiger charge is 2.18. The Morgan fingerprint density at radius 1 is 0.173 bits per heavy atom. The van der Waals surface area contributed by atoms with E-state index in [-0.39, 0.29) is 0 Å². The molecule has 0 aliphatic carbocycles. The second-order valence-electron chi connectivity index (χ2n) is 24.7. The molecule has 15 rings (SSSR count). The van der Waals surface area contributed by atoms with E-state index < -0.39 is 0 Å². The zero-order chi connectivity index (χ0) is 67.2. The Labute approximate surface area is 578 Å². The van der Waals surface area contributed by atoms with Crippen molar-refractivity contribution in [2.45, 2.75) is 20.8 Å². The first kappa shape index (κ1) is 64.3. The molecule has 0 N–H and O–H groups in total. The molecule has 0 atom stereocenters. The normalized spacial score (nSPS) is 10.8. The number of fused-ring (bicyclic) bond motifs is 2. The standard InChI is InChI=1S/C32H28N2.2C30H26N2/c1-25-13-17-31(18-14-25)34(30-11-7-4-8-12-30)32-23-21-29(22-24-32)33(2)28-19-15-27(16-20-28)26-9-5-3-6-10-26;1-23-15-17-27(18-16-23)32(26-11-4-3-5-12-26)28-21-19-25(20-22-28)31(2)30-14-8-10-24-9-6-7-13-29(24)30;1-23-12-15-28(16-13-23)32(27-10-4-3-5-11-27)29-20-18-26(19-21-29)31(2)30-17-14-24-8-6-7-9-25(24)22-30/h3-24H,1-2H3;2*3-22H,1-2H3. The van der Waals surface area contributed by atoms with Gasteiger partial charge in [-0.2, -0.15) is 0 Å². The lowest BCUT2D eigenvalue weighted by molar-refractivity contribution is 1.20. The maximum atomic E-state index is 2.29. The Morgan fingerprint density at radius 3 is 0.847 bits per heavy atom. The van der Waals surface area contributed by atoms with Gasteiger partial charge in [-0.05, 0) is 224 Å². The lowest BCUT2D eigenvalue weighted by atomic mass is 10.1. The molecule has 0 radical (unpaired) electrons. The van der Waals surface area contributed by atoms with Crippen LogP contribution in [0.4, 0.5) is 85.3 Å². The van der Waals surface area contributed by atoms with E-state index in [1.165, 1.54) is 60.7 Å². The van der Waals surface area contributed by atoms with Gasteiger partial charge in [0.05, 0.1) is 0 Å². The van der Waals surface area contributed by atoms with Crippen molar-refractivity contribution in [1.82, 2.24) is 0 Å². The summed E-state index contributed by atoms with van der Waals surface area (Å²) in [6.07, 6.45) is 0. The molecular weight excluding hydrogens is 1190 g/mol. The van der Waals surface area contributed by atoms with Gasteiger partial charge in [0, 0.05) is 112 Å². The van der Waals surface area contributed by atoms with Crippen molar-refractivity contribution in [3.8, 4) is 11.1 Å². The Bertz CT molecular complexity index is 4980. The van der Waals surface area contributed by atoms with Crippen molar-refractivity contribution in [3.63, 3.8) is 0 Å². The number of rotatable bonds is 16. The van der Waals surface area contributed by atoms with Crippen LogP contribution in [0.5, 0.6) is 0 Å². The van der Waals surface area contributed by atoms with Crippen LogP contribution in [0.25, 0.3) is 32.7 Å². The number of aryl methyl sites for hydroxylation is 3. The summed E-state index contributed by atoms with van der Waals surface area (Å²) >= 11 is 0. The van der Waals surface area contributed by atoms with Gasteiger partial charge >= 0.3 is 0 Å². The molecule has 98 heavy (non-hydrogen) atoms. The first-order valence-electron chi connectivity index (χ1n) is 33.5. The van der Waals surface area contributed by atoms with Crippen molar-refractivity contribution in [2.24, 2.45) is 0 Å². The maximum Gasteiger partial charge on any atom is 0.0487 e. The Kier molecular flexibility index (Phi) is 19.9. The summed E-state index contributed by atoms with van der Waals surface area (Å²) in [7, 11) is 6.36. The topological polar surface area (TPSA) is 19.4 Å². The minimum absolute atomic E-state index is 1.13. The molecule has 0 aliphatic heterocycles. The minimum Gasteiger partial charge on any atom is -0.345 e. The van der Waals surface area contributed by atoms with Gasteiger partial charge in [-0.15, -0.1) is 0 Å². The summed E-state index contributed by atoms with van der Waals surface area (Å²) in [5, 5.41) is 5.02. The fourth-order valence-electron chi connectivity index (χ4n) is 12.5. The predicted octanol–water partition coefficient (Wildman–Crippen LogP) is 25.7. The van der Waals surface area contributed by atoms with E-state index in [0.717, 1.165) is 73.9 Å². The van der Waals surface area contributed by atoms with Crippen LogP contribution in [-0.2, 0) is 0 Å². The molecular formula is C92H80N6. The number of hydrogen-bond acceptors (Lipinski definition) is 6. The van der Waals surface area contributed by atoms with E-state index in [4.69, 9.17) is 0 Å². The first-order chi connectivity index (χ1) is 48.1. The molecule has 15 aromatic rings. The van der Waals surface area contributed by atoms with Crippen molar-refractivity contribution in [1.29, 1.82) is 0 Å². The van der Waals surface area contributed by atoms with Gasteiger partial charge in [0.2, 0.25) is 0 Å². The molecule has 0 spiro atoms. The Balaban J connectivity index is 0.000000132. The van der Waals surface area contributed by atoms with Crippen molar-refractivity contribution in [2.75, 3.05) is 50.5 Å². The monoisotopic (exact) mass is 1270 g/mol. The Morgan fingerprint density at radius 2 is 0.439 bits per heavy atom. The van der Waals surface area contributed by atoms with Crippen LogP contribution in [0.15, 0.2) is 376 Å². The summed E-state index contributed by atoms with van der Waals surface area (Å²) in [6.45, 7) is 6.36. The quantitative estimate of drug-likeness (QED) is 0.0953. The third-order valence-electron chi connectivity index (χ3n) is 18.0. The molecule has 0 bridgehead atoms. The zero-order valence-electron chi connectivity index (χ0n) is 56.5. The van der Waals surface area contributed by atoms with E-state index in [2.05, 4.69) is 441 Å². The molecule has 15 aromatic carbocycles. The SMILES string of the molecule is Cc1ccc(N(c2ccccc2)c2ccc(N(C)c3ccc(-c4ccccc4)cc3)cc2)cc1.Cc1ccc(N(c2ccccc2)c2ccc(N(C)c3ccc4ccccc4c3)cc2)cc1.Cc1ccc(N(c2ccccc2)c2ccc(N(C)c3cccc4ccccc34)cc2)cc1. The largest absolute Gasteiger partial charge is 0.345 e. The van der Waals surface area contributed by atoms with Gasteiger partial charge in [-0.3, -0.25) is 0 Å². The molecule has 0 fully saturated rings. The first-order valence-corrected chi connectivity index (χ1v) is 33.5. The molecule has 0 unspecified atom stereocenters. The van der Waals surface area contributed by atoms with E-state index >= 15 is 0 Å². The number of nitrogens with zero attached hydrogens (tertiary/aromatic N) is 6. The van der Waals surface area contributed by atoms with Crippen LogP contribution in [-0.4, -0.2) is 21.1 Å². The summed E-state index contributed by atoms with van der Waals surface area (Å²) < 4.78 is 0. The minimum atomic E-state index is 1.13. The number of hydrogen-bond donors (Lipinski definition) is 0. The second kappa shape index (κ2) is 30.4. The molecule has 0 saturated carbocycles. The van der Waals surface area contributed by atoms with Crippen LogP contribution >= 0.6 is 0 Å². The fraction of sp³-hybridized carbons (Fsp3) is 0.0652. The summed E-state index contributed by atoms with van der Waals surface area (Å²) in [4.78, 5) is 13.6. The number of anilines is 15. The Hall–Kier alpha value is -12.4. The molecule has 0 heterocycles. The molecule has 478 valence electrons. The smallest absolute Gasteiger partial charge is 0.0487 e. The molecule has 0 aliphatic rings. The van der Waals surface area contributed by atoms with Crippen LogP contribution in [0.3, 0.4) is 0 Å². The second-order valence-corrected chi connectivity index (χ2v) is 24.7. The van der Waals surface area contributed by atoms with Gasteiger partial charge in [0.15, 0.2) is 0 Å². The average Bonchev–Trinajstić information content (AvgIpc) is 0.841. The van der Waals surface area contributed by atoms with E-state index in [1.54, 1.807) is 0 Å². The zero-order valence-corrected chi connectivity index (χ0v) is 56.5. The summed E-state index contributed by atoms with van der Waals surface area (Å²) in [6, 6.07) is 133. The highest BCUT2D eigenvalue weighted by molar-refractivity contribution is 5.96. The predicted molar refractivity (Wildman–Crippen MR) is 422 cm³/mol. The van der Waals surface area contributed by atoms with Crippen molar-refractivity contribution < 1.29 is 0 Å². The van der Waals surface area contributed by atoms with E-state index in [0.29, 0.717) is 0 Å². The summed E-state index contributed by atoms with van der Waals surface area (Å²) in [5.74, 6) is 0. The highest BCUT2D eigenvalue weighted by Crippen LogP contribution is 2.41. The summed E-state index contributed by atoms with van der Waals surface area (Å²) in [5.41, 5.74) is 23.5. The number of benzene rings is 15. The van der Waals surface area contributed by atoms with Crippen molar-refractivity contribution >= 4 is 107 Å².